The van der Waals surface area contributed by atoms with Gasteiger partial charge in [0.25, 0.3) is 5.91 Å². The van der Waals surface area contributed by atoms with Gasteiger partial charge in [0.2, 0.25) is 0 Å². The van der Waals surface area contributed by atoms with Gasteiger partial charge in [0, 0.05) is 25.9 Å². The van der Waals surface area contributed by atoms with Crippen molar-refractivity contribution in [3.8, 4) is 5.75 Å². The Labute approximate surface area is 135 Å². The number of piperidine rings is 1. The van der Waals surface area contributed by atoms with Crippen LogP contribution in [-0.4, -0.2) is 52.3 Å². The summed E-state index contributed by atoms with van der Waals surface area (Å²) in [5.74, 6) is -1.63. The molecule has 132 valence electrons. The average Bonchev–Trinajstić information content (AvgIpc) is 2.52. The van der Waals surface area contributed by atoms with Crippen LogP contribution in [0, 0.1) is 0 Å². The van der Waals surface area contributed by atoms with Crippen LogP contribution in [0.15, 0.2) is 24.3 Å². The molecule has 1 amide bonds. The van der Waals surface area contributed by atoms with Crippen molar-refractivity contribution >= 4 is 11.9 Å². The lowest BCUT2D eigenvalue weighted by Gasteiger charge is -2.35. The number of hydrogen-bond donors (Lipinski definition) is 2. The molecule has 0 spiro atoms. The van der Waals surface area contributed by atoms with Gasteiger partial charge in [-0.1, -0.05) is 0 Å². The molecule has 1 aromatic carbocycles. The summed E-state index contributed by atoms with van der Waals surface area (Å²) in [5.41, 5.74) is -2.64. The number of halogens is 3. The molecule has 1 aliphatic heterocycles. The Morgan fingerprint density at radius 3 is 2.17 bits per heavy atom. The molecule has 2 N–H and O–H groups in total. The summed E-state index contributed by atoms with van der Waals surface area (Å²) in [7, 11) is 0. The molecule has 0 aromatic heterocycles. The normalized spacial score (nSPS) is 17.4. The highest BCUT2D eigenvalue weighted by atomic mass is 19.4. The minimum Gasteiger partial charge on any atom is -0.484 e. The maximum Gasteiger partial charge on any atom is 0.416 e. The second-order valence-corrected chi connectivity index (χ2v) is 5.53. The molecule has 2 rings (SSSR count). The number of aliphatic hydroxyl groups is 1. The topological polar surface area (TPSA) is 87.1 Å². The molecule has 9 heteroatoms. The van der Waals surface area contributed by atoms with Crippen LogP contribution >= 0.6 is 0 Å². The van der Waals surface area contributed by atoms with Crippen molar-refractivity contribution < 1.29 is 37.7 Å². The standard InChI is InChI=1S/C15H16F3NO5/c16-15(17,18)10-1-3-11(4-2-10)24-9-12(20)19-7-5-14(23,6-8-19)13(21)22/h1-4,23H,5-9H2,(H,21,22). The first-order chi connectivity index (χ1) is 11.1. The smallest absolute Gasteiger partial charge is 0.416 e. The molecule has 24 heavy (non-hydrogen) atoms. The number of likely N-dealkylation sites (tertiary alicyclic amines) is 1. The van der Waals surface area contributed by atoms with Crippen molar-refractivity contribution in [1.29, 1.82) is 0 Å². The summed E-state index contributed by atoms with van der Waals surface area (Å²) in [6.07, 6.45) is -4.62. The molecule has 0 radical (unpaired) electrons. The van der Waals surface area contributed by atoms with Crippen LogP contribution < -0.4 is 4.74 Å². The molecule has 1 aliphatic rings. The van der Waals surface area contributed by atoms with Gasteiger partial charge in [0.05, 0.1) is 5.56 Å². The van der Waals surface area contributed by atoms with Gasteiger partial charge in [-0.15, -0.1) is 0 Å². The minimum atomic E-state index is -4.44. The van der Waals surface area contributed by atoms with Crippen LogP contribution in [0.25, 0.3) is 0 Å². The molecule has 0 atom stereocenters. The monoisotopic (exact) mass is 347 g/mol. The van der Waals surface area contributed by atoms with Crippen LogP contribution in [0.1, 0.15) is 18.4 Å². The number of ether oxygens (including phenoxy) is 1. The van der Waals surface area contributed by atoms with Gasteiger partial charge in [-0.25, -0.2) is 4.79 Å². The van der Waals surface area contributed by atoms with Crippen LogP contribution in [0.2, 0.25) is 0 Å². The van der Waals surface area contributed by atoms with Gasteiger partial charge in [-0.3, -0.25) is 4.79 Å². The Balaban J connectivity index is 1.85. The van der Waals surface area contributed by atoms with Gasteiger partial charge in [0.15, 0.2) is 12.2 Å². The zero-order chi connectivity index (χ0) is 18.0. The summed E-state index contributed by atoms with van der Waals surface area (Å²) in [6.45, 7) is -0.243. The van der Waals surface area contributed by atoms with Crippen molar-refractivity contribution in [2.24, 2.45) is 0 Å². The molecule has 6 nitrogen and oxygen atoms in total. The van der Waals surface area contributed by atoms with E-state index in [1.165, 1.54) is 4.90 Å². The maximum atomic E-state index is 12.4. The van der Waals surface area contributed by atoms with E-state index >= 15 is 0 Å². The number of carboxylic acids is 1. The minimum absolute atomic E-state index is 0.0675. The molecule has 1 fully saturated rings. The van der Waals surface area contributed by atoms with Gasteiger partial charge in [0.1, 0.15) is 5.75 Å². The molecule has 0 aliphatic carbocycles. The second kappa shape index (κ2) is 6.68. The Bertz CT molecular complexity index is 607. The van der Waals surface area contributed by atoms with Gasteiger partial charge in [-0.05, 0) is 24.3 Å². The molecule has 1 aromatic rings. The van der Waals surface area contributed by atoms with Crippen LogP contribution in [-0.2, 0) is 15.8 Å². The molecule has 0 bridgehead atoms. The number of carbonyl (C=O) groups is 2. The predicted octanol–water partition coefficient (Wildman–Crippen LogP) is 1.52. The molecular weight excluding hydrogens is 331 g/mol. The van der Waals surface area contributed by atoms with Crippen molar-refractivity contribution in [1.82, 2.24) is 4.90 Å². The first kappa shape index (κ1) is 18.1. The highest BCUT2D eigenvalue weighted by Crippen LogP contribution is 2.30. The number of carboxylic acid groups (broad SMARTS) is 1. The molecule has 0 saturated carbocycles. The van der Waals surface area contributed by atoms with E-state index in [0.717, 1.165) is 24.3 Å². The molecule has 1 saturated heterocycles. The van der Waals surface area contributed by atoms with Crippen LogP contribution in [0.5, 0.6) is 5.75 Å². The summed E-state index contributed by atoms with van der Waals surface area (Å²) < 4.78 is 42.4. The Kier molecular flexibility index (Phi) is 5.02. The summed E-state index contributed by atoms with van der Waals surface area (Å²) in [4.78, 5) is 24.2. The number of benzene rings is 1. The van der Waals surface area contributed by atoms with Gasteiger partial charge < -0.3 is 19.8 Å². The van der Waals surface area contributed by atoms with Crippen molar-refractivity contribution in [3.05, 3.63) is 29.8 Å². The quantitative estimate of drug-likeness (QED) is 0.862. The third-order valence-corrected chi connectivity index (χ3v) is 3.89. The Hall–Kier alpha value is -2.29. The summed E-state index contributed by atoms with van der Waals surface area (Å²) in [5, 5.41) is 18.7. The number of alkyl halides is 3. The fourth-order valence-electron chi connectivity index (χ4n) is 2.32. The third-order valence-electron chi connectivity index (χ3n) is 3.89. The number of nitrogens with zero attached hydrogens (tertiary/aromatic N) is 1. The first-order valence-corrected chi connectivity index (χ1v) is 7.15. The largest absolute Gasteiger partial charge is 0.484 e. The van der Waals surface area contributed by atoms with E-state index < -0.39 is 29.2 Å². The van der Waals surface area contributed by atoms with Crippen LogP contribution in [0.3, 0.4) is 0 Å². The lowest BCUT2D eigenvalue weighted by molar-refractivity contribution is -0.165. The van der Waals surface area contributed by atoms with E-state index in [4.69, 9.17) is 9.84 Å². The molecule has 1 heterocycles. The third kappa shape index (κ3) is 4.16. The number of amides is 1. The fraction of sp³-hybridized carbons (Fsp3) is 0.467. The van der Waals surface area contributed by atoms with Gasteiger partial charge >= 0.3 is 12.1 Å². The number of aliphatic carboxylic acids is 1. The number of rotatable bonds is 4. The summed E-state index contributed by atoms with van der Waals surface area (Å²) >= 11 is 0. The number of hydrogen-bond acceptors (Lipinski definition) is 4. The summed E-state index contributed by atoms with van der Waals surface area (Å²) in [6, 6.07) is 3.95. The van der Waals surface area contributed by atoms with Crippen molar-refractivity contribution in [2.45, 2.75) is 24.6 Å². The fourth-order valence-corrected chi connectivity index (χ4v) is 2.32. The van der Waals surface area contributed by atoms with Crippen molar-refractivity contribution in [3.63, 3.8) is 0 Å². The van der Waals surface area contributed by atoms with E-state index in [0.29, 0.717) is 0 Å². The highest BCUT2D eigenvalue weighted by Gasteiger charge is 2.40. The second-order valence-electron chi connectivity index (χ2n) is 5.53. The Morgan fingerprint density at radius 1 is 1.17 bits per heavy atom. The maximum absolute atomic E-state index is 12.4. The van der Waals surface area contributed by atoms with E-state index in [1.54, 1.807) is 0 Å². The van der Waals surface area contributed by atoms with E-state index in [1.807, 2.05) is 0 Å². The lowest BCUT2D eigenvalue weighted by Crippen LogP contribution is -2.51. The highest BCUT2D eigenvalue weighted by molar-refractivity contribution is 5.80. The zero-order valence-electron chi connectivity index (χ0n) is 12.5. The van der Waals surface area contributed by atoms with E-state index in [2.05, 4.69) is 0 Å². The van der Waals surface area contributed by atoms with Gasteiger partial charge in [-0.2, -0.15) is 13.2 Å². The SMILES string of the molecule is O=C(COc1ccc(C(F)(F)F)cc1)N1CCC(O)(C(=O)O)CC1. The Morgan fingerprint density at radius 2 is 1.71 bits per heavy atom. The lowest BCUT2D eigenvalue weighted by atomic mass is 9.92. The molecule has 0 unspecified atom stereocenters. The predicted molar refractivity (Wildman–Crippen MR) is 75.3 cm³/mol. The number of carbonyl (C=O) groups excluding carboxylic acids is 1. The van der Waals surface area contributed by atoms with Crippen LogP contribution in [0.4, 0.5) is 13.2 Å². The van der Waals surface area contributed by atoms with E-state index in [9.17, 15) is 27.9 Å². The zero-order valence-corrected chi connectivity index (χ0v) is 12.5. The molecular formula is C15H16F3NO5. The van der Waals surface area contributed by atoms with E-state index in [-0.39, 0.29) is 38.3 Å². The average molecular weight is 347 g/mol. The first-order valence-electron chi connectivity index (χ1n) is 7.15. The van der Waals surface area contributed by atoms with Crippen molar-refractivity contribution in [2.75, 3.05) is 19.7 Å².